The van der Waals surface area contributed by atoms with Crippen LogP contribution in [0, 0.1) is 0 Å². The molecule has 74 valence electrons. The summed E-state index contributed by atoms with van der Waals surface area (Å²) in [5, 5.41) is 11.6. The van der Waals surface area contributed by atoms with Crippen LogP contribution in [0.4, 0.5) is 0 Å². The first-order chi connectivity index (χ1) is 4.65. The molecule has 6 heteroatoms. The van der Waals surface area contributed by atoms with Crippen LogP contribution in [0.1, 0.15) is 12.8 Å². The van der Waals surface area contributed by atoms with E-state index in [0.717, 1.165) is 13.0 Å². The second-order valence-electron chi connectivity index (χ2n) is 2.74. The molecule has 1 rings (SSSR count). The van der Waals surface area contributed by atoms with E-state index in [0.29, 0.717) is 13.0 Å². The number of rotatable bonds is 1. The Balaban J connectivity index is 0. The molecule has 1 fully saturated rings. The van der Waals surface area contributed by atoms with Crippen molar-refractivity contribution in [2.45, 2.75) is 18.4 Å². The van der Waals surface area contributed by atoms with Crippen molar-refractivity contribution in [3.05, 3.63) is 0 Å². The number of carbonyl (C=O) groups is 1. The summed E-state index contributed by atoms with van der Waals surface area (Å²) in [6, 6.07) is 0. The van der Waals surface area contributed by atoms with Gasteiger partial charge in [0.1, 0.15) is 5.54 Å². The highest BCUT2D eigenvalue weighted by Gasteiger charge is 2.34. The van der Waals surface area contributed by atoms with Crippen LogP contribution in [0.5, 0.6) is 0 Å². The molecule has 1 aliphatic rings. The average molecular weight is 217 g/mol. The van der Waals surface area contributed by atoms with Gasteiger partial charge in [0.15, 0.2) is 0 Å². The van der Waals surface area contributed by atoms with Gasteiger partial charge in [-0.05, 0) is 19.4 Å². The summed E-state index contributed by atoms with van der Waals surface area (Å²) in [7, 11) is 0. The SMILES string of the molecule is Cl.Cl.NC1(C(=O)O)CCCNC1. The van der Waals surface area contributed by atoms with Crippen molar-refractivity contribution in [2.75, 3.05) is 13.1 Å². The fourth-order valence-corrected chi connectivity index (χ4v) is 1.11. The zero-order chi connectivity index (χ0) is 7.61. The number of halogens is 2. The molecule has 0 aromatic carbocycles. The fourth-order valence-electron chi connectivity index (χ4n) is 1.11. The predicted molar refractivity (Wildman–Crippen MR) is 51.2 cm³/mol. The van der Waals surface area contributed by atoms with E-state index in [9.17, 15) is 4.79 Å². The highest BCUT2D eigenvalue weighted by Crippen LogP contribution is 2.12. The Hall–Kier alpha value is -0.0300. The molecule has 4 nitrogen and oxygen atoms in total. The summed E-state index contributed by atoms with van der Waals surface area (Å²) in [5.74, 6) is -0.903. The topological polar surface area (TPSA) is 75.4 Å². The van der Waals surface area contributed by atoms with E-state index in [-0.39, 0.29) is 24.8 Å². The lowest BCUT2D eigenvalue weighted by Gasteiger charge is -2.29. The average Bonchev–Trinajstić information content (AvgIpc) is 1.89. The number of nitrogens with two attached hydrogens (primary N) is 1. The Labute approximate surface area is 83.7 Å². The van der Waals surface area contributed by atoms with Gasteiger partial charge in [0.2, 0.25) is 0 Å². The van der Waals surface area contributed by atoms with Gasteiger partial charge in [0.05, 0.1) is 0 Å². The Morgan fingerprint density at radius 3 is 2.33 bits per heavy atom. The van der Waals surface area contributed by atoms with Crippen LogP contribution in [-0.4, -0.2) is 29.7 Å². The first kappa shape index (κ1) is 14.5. The Morgan fingerprint density at radius 2 is 2.08 bits per heavy atom. The summed E-state index contributed by atoms with van der Waals surface area (Å²) in [6.07, 6.45) is 1.43. The molecule has 0 aliphatic carbocycles. The zero-order valence-electron chi connectivity index (χ0n) is 6.58. The standard InChI is InChI=1S/C6H12N2O2.2ClH/c7-6(5(9)10)2-1-3-8-4-6;;/h8H,1-4,7H2,(H,9,10);2*1H. The number of aliphatic carboxylic acids is 1. The highest BCUT2D eigenvalue weighted by molar-refractivity contribution is 5.85. The Kier molecular flexibility index (Phi) is 6.75. The number of hydrogen-bond acceptors (Lipinski definition) is 3. The normalized spacial score (nSPS) is 28.1. The quantitative estimate of drug-likeness (QED) is 0.577. The molecule has 1 heterocycles. The second-order valence-corrected chi connectivity index (χ2v) is 2.74. The van der Waals surface area contributed by atoms with E-state index in [4.69, 9.17) is 10.8 Å². The Morgan fingerprint density at radius 1 is 1.50 bits per heavy atom. The highest BCUT2D eigenvalue weighted by atomic mass is 35.5. The summed E-state index contributed by atoms with van der Waals surface area (Å²) in [4.78, 5) is 10.5. The van der Waals surface area contributed by atoms with E-state index in [1.54, 1.807) is 0 Å². The first-order valence-electron chi connectivity index (χ1n) is 3.38. The molecule has 0 amide bonds. The van der Waals surface area contributed by atoms with Crippen molar-refractivity contribution in [3.8, 4) is 0 Å². The summed E-state index contributed by atoms with van der Waals surface area (Å²) < 4.78 is 0. The number of carboxylic acid groups (broad SMARTS) is 1. The van der Waals surface area contributed by atoms with E-state index in [2.05, 4.69) is 5.32 Å². The summed E-state index contributed by atoms with van der Waals surface area (Å²) in [5.41, 5.74) is 4.52. The van der Waals surface area contributed by atoms with E-state index < -0.39 is 11.5 Å². The van der Waals surface area contributed by atoms with Crippen molar-refractivity contribution in [2.24, 2.45) is 5.73 Å². The Bertz CT molecular complexity index is 148. The molecule has 0 bridgehead atoms. The number of hydrogen-bond donors (Lipinski definition) is 3. The van der Waals surface area contributed by atoms with Crippen molar-refractivity contribution in [3.63, 3.8) is 0 Å². The molecule has 12 heavy (non-hydrogen) atoms. The number of piperidine rings is 1. The van der Waals surface area contributed by atoms with Gasteiger partial charge < -0.3 is 16.2 Å². The first-order valence-corrected chi connectivity index (χ1v) is 3.38. The minimum atomic E-state index is -1.02. The van der Waals surface area contributed by atoms with Crippen molar-refractivity contribution < 1.29 is 9.90 Å². The van der Waals surface area contributed by atoms with Gasteiger partial charge in [-0.2, -0.15) is 0 Å². The van der Waals surface area contributed by atoms with E-state index >= 15 is 0 Å². The van der Waals surface area contributed by atoms with Crippen LogP contribution in [-0.2, 0) is 4.79 Å². The van der Waals surface area contributed by atoms with Crippen LogP contribution >= 0.6 is 24.8 Å². The van der Waals surface area contributed by atoms with E-state index in [1.807, 2.05) is 0 Å². The molecule has 4 N–H and O–H groups in total. The van der Waals surface area contributed by atoms with Gasteiger partial charge in [-0.3, -0.25) is 4.79 Å². The summed E-state index contributed by atoms with van der Waals surface area (Å²) >= 11 is 0. The van der Waals surface area contributed by atoms with Crippen molar-refractivity contribution >= 4 is 30.8 Å². The molecule has 0 aromatic heterocycles. The van der Waals surface area contributed by atoms with Gasteiger partial charge >= 0.3 is 5.97 Å². The van der Waals surface area contributed by atoms with Crippen LogP contribution in [0.25, 0.3) is 0 Å². The third kappa shape index (κ3) is 3.15. The van der Waals surface area contributed by atoms with Crippen LogP contribution in [0.2, 0.25) is 0 Å². The maximum absolute atomic E-state index is 10.5. The molecule has 1 saturated heterocycles. The lowest BCUT2D eigenvalue weighted by atomic mass is 9.92. The third-order valence-electron chi connectivity index (χ3n) is 1.84. The zero-order valence-corrected chi connectivity index (χ0v) is 8.21. The predicted octanol–water partition coefficient (Wildman–Crippen LogP) is -0.00450. The fraction of sp³-hybridized carbons (Fsp3) is 0.833. The number of carboxylic acids is 1. The van der Waals surface area contributed by atoms with E-state index in [1.165, 1.54) is 0 Å². The molecular formula is C6H14Cl2N2O2. The lowest BCUT2D eigenvalue weighted by molar-refractivity contribution is -0.143. The maximum Gasteiger partial charge on any atom is 0.325 e. The molecule has 1 aliphatic heterocycles. The molecule has 0 spiro atoms. The molecule has 0 radical (unpaired) electrons. The molecule has 0 aromatic rings. The molecule has 0 saturated carbocycles. The molecule has 1 unspecified atom stereocenters. The second kappa shape index (κ2) is 5.59. The monoisotopic (exact) mass is 216 g/mol. The van der Waals surface area contributed by atoms with Crippen molar-refractivity contribution in [1.82, 2.24) is 5.32 Å². The van der Waals surface area contributed by atoms with Gasteiger partial charge in [0.25, 0.3) is 0 Å². The van der Waals surface area contributed by atoms with Crippen LogP contribution < -0.4 is 11.1 Å². The number of nitrogens with one attached hydrogen (secondary N) is 1. The largest absolute Gasteiger partial charge is 0.480 e. The summed E-state index contributed by atoms with van der Waals surface area (Å²) in [6.45, 7) is 1.27. The maximum atomic E-state index is 10.5. The van der Waals surface area contributed by atoms with Gasteiger partial charge in [-0.25, -0.2) is 0 Å². The smallest absolute Gasteiger partial charge is 0.325 e. The molecular weight excluding hydrogens is 203 g/mol. The van der Waals surface area contributed by atoms with Gasteiger partial charge in [-0.1, -0.05) is 0 Å². The van der Waals surface area contributed by atoms with Crippen molar-refractivity contribution in [1.29, 1.82) is 0 Å². The molecule has 1 atom stereocenters. The van der Waals surface area contributed by atoms with Gasteiger partial charge in [-0.15, -0.1) is 24.8 Å². The lowest BCUT2D eigenvalue weighted by Crippen LogP contribution is -2.58. The van der Waals surface area contributed by atoms with Crippen LogP contribution in [0.3, 0.4) is 0 Å². The third-order valence-corrected chi connectivity index (χ3v) is 1.84. The van der Waals surface area contributed by atoms with Crippen LogP contribution in [0.15, 0.2) is 0 Å². The van der Waals surface area contributed by atoms with Gasteiger partial charge in [0, 0.05) is 6.54 Å². The minimum Gasteiger partial charge on any atom is -0.480 e. The minimum absolute atomic E-state index is 0.